The lowest BCUT2D eigenvalue weighted by Gasteiger charge is -2.02. The van der Waals surface area contributed by atoms with Gasteiger partial charge in [-0.25, -0.2) is 14.6 Å². The van der Waals surface area contributed by atoms with Gasteiger partial charge in [0.2, 0.25) is 5.82 Å². The summed E-state index contributed by atoms with van der Waals surface area (Å²) in [6.07, 6.45) is 1.41. The van der Waals surface area contributed by atoms with Gasteiger partial charge in [-0.05, 0) is 47.2 Å². The van der Waals surface area contributed by atoms with E-state index in [0.29, 0.717) is 27.2 Å². The standard InChI is InChI=1S/C18H13FN6O4S/c1-28-13-6-10(7-14-16(13)29-18(27)30-14)8-20-21-15(26)9-25-23-17(22-24-25)11-2-4-12(19)5-3-11/h2-8H,9H2,1H3,(H,21,26)/b20-8+. The second-order valence-electron chi connectivity index (χ2n) is 5.95. The van der Waals surface area contributed by atoms with Crippen molar-refractivity contribution in [3.63, 3.8) is 0 Å². The summed E-state index contributed by atoms with van der Waals surface area (Å²) in [6.45, 7) is -0.211. The van der Waals surface area contributed by atoms with Gasteiger partial charge >= 0.3 is 4.94 Å². The monoisotopic (exact) mass is 428 g/mol. The maximum absolute atomic E-state index is 13.0. The molecular formula is C18H13FN6O4S. The number of tetrazole rings is 1. The molecule has 1 N–H and O–H groups in total. The van der Waals surface area contributed by atoms with E-state index >= 15 is 0 Å². The Hall–Kier alpha value is -3.93. The molecule has 0 aliphatic rings. The van der Waals surface area contributed by atoms with E-state index in [-0.39, 0.29) is 18.2 Å². The number of rotatable bonds is 6. The normalized spacial score (nSPS) is 11.3. The Bertz CT molecular complexity index is 1290. The van der Waals surface area contributed by atoms with E-state index in [9.17, 15) is 14.0 Å². The Morgan fingerprint density at radius 3 is 2.93 bits per heavy atom. The maximum Gasteiger partial charge on any atom is 0.396 e. The summed E-state index contributed by atoms with van der Waals surface area (Å²) in [5.41, 5.74) is 3.90. The van der Waals surface area contributed by atoms with Gasteiger partial charge in [-0.1, -0.05) is 11.3 Å². The molecule has 4 rings (SSSR count). The molecule has 0 atom stereocenters. The molecule has 0 aliphatic carbocycles. The summed E-state index contributed by atoms with van der Waals surface area (Å²) in [4.78, 5) is 24.1. The highest BCUT2D eigenvalue weighted by atomic mass is 32.1. The Labute approximate surface area is 171 Å². The first-order chi connectivity index (χ1) is 14.5. The van der Waals surface area contributed by atoms with Crippen LogP contribution in [0.4, 0.5) is 4.39 Å². The highest BCUT2D eigenvalue weighted by Gasteiger charge is 2.11. The number of halogens is 1. The Balaban J connectivity index is 1.40. The smallest absolute Gasteiger partial charge is 0.396 e. The summed E-state index contributed by atoms with van der Waals surface area (Å²) < 4.78 is 23.9. The summed E-state index contributed by atoms with van der Waals surface area (Å²) in [5, 5.41) is 15.6. The molecule has 1 amide bonds. The number of hydrogen-bond donors (Lipinski definition) is 1. The van der Waals surface area contributed by atoms with Crippen LogP contribution in [0.25, 0.3) is 21.7 Å². The van der Waals surface area contributed by atoms with E-state index < -0.39 is 10.8 Å². The van der Waals surface area contributed by atoms with Crippen molar-refractivity contribution in [1.29, 1.82) is 0 Å². The van der Waals surface area contributed by atoms with Crippen LogP contribution >= 0.6 is 11.3 Å². The maximum atomic E-state index is 13.0. The lowest BCUT2D eigenvalue weighted by atomic mass is 10.2. The van der Waals surface area contributed by atoms with E-state index in [4.69, 9.17) is 9.15 Å². The molecule has 0 unspecified atom stereocenters. The number of hydrazone groups is 1. The molecule has 0 aliphatic heterocycles. The molecule has 30 heavy (non-hydrogen) atoms. The number of ether oxygens (including phenoxy) is 1. The third-order valence-corrected chi connectivity index (χ3v) is 4.66. The molecule has 0 bridgehead atoms. The molecule has 2 aromatic carbocycles. The second kappa shape index (κ2) is 8.21. The zero-order chi connectivity index (χ0) is 21.1. The lowest BCUT2D eigenvalue weighted by molar-refractivity contribution is -0.122. The topological polar surface area (TPSA) is 124 Å². The van der Waals surface area contributed by atoms with E-state index in [1.807, 2.05) is 0 Å². The SMILES string of the molecule is COc1cc(/C=N/NC(=O)Cn2nnc(-c3ccc(F)cc3)n2)cc2sc(=O)oc12. The van der Waals surface area contributed by atoms with Gasteiger partial charge in [-0.15, -0.1) is 10.2 Å². The van der Waals surface area contributed by atoms with Gasteiger partial charge in [0.15, 0.2) is 11.3 Å². The summed E-state index contributed by atoms with van der Waals surface area (Å²) >= 11 is 0.940. The number of methoxy groups -OCH3 is 1. The van der Waals surface area contributed by atoms with Crippen molar-refractivity contribution in [1.82, 2.24) is 25.6 Å². The number of hydrogen-bond acceptors (Lipinski definition) is 9. The minimum Gasteiger partial charge on any atom is -0.493 e. The minimum atomic E-state index is -0.477. The number of carbonyl (C=O) groups excluding carboxylic acids is 1. The van der Waals surface area contributed by atoms with Gasteiger partial charge in [0.05, 0.1) is 18.0 Å². The molecule has 0 radical (unpaired) electrons. The van der Waals surface area contributed by atoms with Crippen LogP contribution in [0.1, 0.15) is 5.56 Å². The lowest BCUT2D eigenvalue weighted by Crippen LogP contribution is -2.24. The molecule has 0 fully saturated rings. The molecule has 0 saturated heterocycles. The average Bonchev–Trinajstić information content (AvgIpc) is 3.33. The first kappa shape index (κ1) is 19.4. The van der Waals surface area contributed by atoms with Crippen molar-refractivity contribution >= 4 is 33.7 Å². The molecule has 0 spiro atoms. The Morgan fingerprint density at radius 1 is 1.37 bits per heavy atom. The second-order valence-corrected chi connectivity index (χ2v) is 6.93. The first-order valence-corrected chi connectivity index (χ1v) is 9.31. The third-order valence-electron chi connectivity index (χ3n) is 3.88. The van der Waals surface area contributed by atoms with Crippen LogP contribution in [0.2, 0.25) is 0 Å². The van der Waals surface area contributed by atoms with Crippen molar-refractivity contribution in [2.45, 2.75) is 6.54 Å². The van der Waals surface area contributed by atoms with Gasteiger partial charge in [0.25, 0.3) is 5.91 Å². The average molecular weight is 428 g/mol. The number of aromatic nitrogens is 4. The fourth-order valence-corrected chi connectivity index (χ4v) is 3.30. The number of nitrogens with zero attached hydrogens (tertiary/aromatic N) is 5. The van der Waals surface area contributed by atoms with E-state index in [1.54, 1.807) is 12.1 Å². The Kier molecular flexibility index (Phi) is 5.30. The van der Waals surface area contributed by atoms with Crippen LogP contribution in [-0.2, 0) is 11.3 Å². The number of fused-ring (bicyclic) bond motifs is 1. The molecule has 152 valence electrons. The van der Waals surface area contributed by atoms with Crippen LogP contribution in [0.5, 0.6) is 5.75 Å². The summed E-state index contributed by atoms with van der Waals surface area (Å²) in [5.74, 6) is -0.193. The molecule has 12 heteroatoms. The quantitative estimate of drug-likeness (QED) is 0.367. The minimum absolute atomic E-state index is 0.211. The molecule has 0 saturated carbocycles. The van der Waals surface area contributed by atoms with Crippen molar-refractivity contribution in [2.24, 2.45) is 5.10 Å². The van der Waals surface area contributed by atoms with Gasteiger partial charge in [-0.2, -0.15) is 9.90 Å². The summed E-state index contributed by atoms with van der Waals surface area (Å²) in [6, 6.07) is 8.92. The predicted molar refractivity (Wildman–Crippen MR) is 106 cm³/mol. The van der Waals surface area contributed by atoms with E-state index in [1.165, 1.54) is 37.6 Å². The van der Waals surface area contributed by atoms with Crippen LogP contribution in [-0.4, -0.2) is 39.4 Å². The van der Waals surface area contributed by atoms with E-state index in [0.717, 1.165) is 16.1 Å². The first-order valence-electron chi connectivity index (χ1n) is 8.49. The highest BCUT2D eigenvalue weighted by Crippen LogP contribution is 2.28. The molecule has 10 nitrogen and oxygen atoms in total. The van der Waals surface area contributed by atoms with Crippen molar-refractivity contribution in [3.8, 4) is 17.1 Å². The zero-order valence-electron chi connectivity index (χ0n) is 15.4. The number of nitrogens with one attached hydrogen (secondary N) is 1. The number of amides is 1. The molecule has 4 aromatic rings. The van der Waals surface area contributed by atoms with Gasteiger partial charge in [0, 0.05) is 5.56 Å². The van der Waals surface area contributed by atoms with Crippen LogP contribution < -0.4 is 15.1 Å². The molecular weight excluding hydrogens is 415 g/mol. The molecule has 2 heterocycles. The Morgan fingerprint density at radius 2 is 2.17 bits per heavy atom. The van der Waals surface area contributed by atoms with E-state index in [2.05, 4.69) is 25.9 Å². The fourth-order valence-electron chi connectivity index (χ4n) is 2.56. The predicted octanol–water partition coefficient (Wildman–Crippen LogP) is 1.81. The van der Waals surface area contributed by atoms with Crippen molar-refractivity contribution in [2.75, 3.05) is 7.11 Å². The highest BCUT2D eigenvalue weighted by molar-refractivity contribution is 7.16. The fraction of sp³-hybridized carbons (Fsp3) is 0.111. The molecule has 2 aromatic heterocycles. The largest absolute Gasteiger partial charge is 0.493 e. The summed E-state index contributed by atoms with van der Waals surface area (Å²) in [7, 11) is 1.46. The van der Waals surface area contributed by atoms with Crippen LogP contribution in [0.15, 0.2) is 50.7 Å². The zero-order valence-corrected chi connectivity index (χ0v) is 16.2. The van der Waals surface area contributed by atoms with Crippen molar-refractivity contribution < 1.29 is 18.3 Å². The number of carbonyl (C=O) groups is 1. The van der Waals surface area contributed by atoms with Gasteiger partial charge in [-0.3, -0.25) is 4.79 Å². The van der Waals surface area contributed by atoms with Crippen LogP contribution in [0, 0.1) is 5.82 Å². The van der Waals surface area contributed by atoms with Gasteiger partial charge < -0.3 is 9.15 Å². The van der Waals surface area contributed by atoms with Crippen molar-refractivity contribution in [3.05, 3.63) is 57.5 Å². The van der Waals surface area contributed by atoms with Gasteiger partial charge in [0.1, 0.15) is 12.4 Å². The third kappa shape index (κ3) is 4.22. The number of benzene rings is 2. The van der Waals surface area contributed by atoms with Crippen LogP contribution in [0.3, 0.4) is 0 Å².